The summed E-state index contributed by atoms with van der Waals surface area (Å²) in [6, 6.07) is 0. The minimum absolute atomic E-state index is 0.155. The van der Waals surface area contributed by atoms with Gasteiger partial charge in [-0.05, 0) is 44.4 Å². The van der Waals surface area contributed by atoms with Crippen molar-refractivity contribution in [1.29, 1.82) is 0 Å². The smallest absolute Gasteiger partial charge is 0.379 e. The number of fused-ring (bicyclic) bond motifs is 1. The van der Waals surface area contributed by atoms with Crippen LogP contribution in [0.4, 0.5) is 0 Å². The maximum atomic E-state index is 12.3. The summed E-state index contributed by atoms with van der Waals surface area (Å²) < 4.78 is 4.87. The van der Waals surface area contributed by atoms with Gasteiger partial charge < -0.3 is 4.74 Å². The molecule has 4 rings (SSSR count). The Labute approximate surface area is 107 Å². The lowest BCUT2D eigenvalue weighted by Crippen LogP contribution is -2.32. The van der Waals surface area contributed by atoms with Crippen molar-refractivity contribution in [2.24, 2.45) is 17.8 Å². The lowest BCUT2D eigenvalue weighted by Gasteiger charge is -2.35. The fraction of sp³-hybridized carbons (Fsp3) is 0.600. The number of hydrogen-bond donors (Lipinski definition) is 0. The summed E-state index contributed by atoms with van der Waals surface area (Å²) in [5, 5.41) is 0. The van der Waals surface area contributed by atoms with E-state index in [9.17, 15) is 9.59 Å². The molecule has 96 valence electrons. The number of allylic oxidation sites excluding steroid dienone is 3. The Kier molecular flexibility index (Phi) is 2.84. The highest BCUT2D eigenvalue weighted by molar-refractivity contribution is 6.41. The molecule has 0 saturated heterocycles. The Hall–Kier alpha value is -1.38. The SMILES string of the molecule is CCOC(=O)C(=O)C1=C(C2CC2)C2C=CC1CC2. The summed E-state index contributed by atoms with van der Waals surface area (Å²) in [4.78, 5) is 23.9. The van der Waals surface area contributed by atoms with Gasteiger partial charge in [-0.3, -0.25) is 4.79 Å². The molecule has 0 aromatic carbocycles. The Balaban J connectivity index is 1.94. The van der Waals surface area contributed by atoms with Crippen LogP contribution in [-0.4, -0.2) is 18.4 Å². The molecule has 0 spiro atoms. The molecule has 0 radical (unpaired) electrons. The lowest BCUT2D eigenvalue weighted by atomic mass is 9.69. The number of Topliss-reactive ketones (excluding diaryl/α,β-unsaturated/α-hetero) is 1. The molecular weight excluding hydrogens is 228 g/mol. The van der Waals surface area contributed by atoms with Crippen LogP contribution in [0.25, 0.3) is 0 Å². The Bertz CT molecular complexity index is 454. The van der Waals surface area contributed by atoms with Crippen LogP contribution in [0.5, 0.6) is 0 Å². The Morgan fingerprint density at radius 2 is 1.83 bits per heavy atom. The van der Waals surface area contributed by atoms with Crippen LogP contribution < -0.4 is 0 Å². The second-order valence-electron chi connectivity index (χ2n) is 5.37. The van der Waals surface area contributed by atoms with Gasteiger partial charge in [-0.1, -0.05) is 17.7 Å². The molecule has 0 amide bonds. The van der Waals surface area contributed by atoms with Gasteiger partial charge in [0.25, 0.3) is 5.78 Å². The average molecular weight is 246 g/mol. The first-order valence-corrected chi connectivity index (χ1v) is 6.86. The molecule has 0 N–H and O–H groups in total. The number of hydrogen-bond acceptors (Lipinski definition) is 3. The van der Waals surface area contributed by atoms with Gasteiger partial charge in [0.2, 0.25) is 0 Å². The normalized spacial score (nSPS) is 29.6. The van der Waals surface area contributed by atoms with Crippen LogP contribution >= 0.6 is 0 Å². The first-order chi connectivity index (χ1) is 8.72. The van der Waals surface area contributed by atoms with Crippen LogP contribution in [0.15, 0.2) is 23.3 Å². The predicted octanol–water partition coefficient (Wildman–Crippen LogP) is 2.42. The number of carbonyl (C=O) groups excluding carboxylic acids is 2. The van der Waals surface area contributed by atoms with Gasteiger partial charge in [0.1, 0.15) is 0 Å². The van der Waals surface area contributed by atoms with Gasteiger partial charge in [-0.2, -0.15) is 0 Å². The fourth-order valence-electron chi connectivity index (χ4n) is 3.26. The van der Waals surface area contributed by atoms with Gasteiger partial charge >= 0.3 is 5.97 Å². The predicted molar refractivity (Wildman–Crippen MR) is 66.7 cm³/mol. The third-order valence-electron chi connectivity index (χ3n) is 4.17. The highest BCUT2D eigenvalue weighted by Crippen LogP contribution is 2.51. The van der Waals surface area contributed by atoms with Gasteiger partial charge in [0.05, 0.1) is 6.61 Å². The van der Waals surface area contributed by atoms with Crippen LogP contribution in [0.2, 0.25) is 0 Å². The van der Waals surface area contributed by atoms with Gasteiger partial charge in [0, 0.05) is 11.5 Å². The molecule has 4 aliphatic rings. The molecule has 18 heavy (non-hydrogen) atoms. The van der Waals surface area contributed by atoms with Crippen molar-refractivity contribution < 1.29 is 14.3 Å². The molecule has 3 heteroatoms. The average Bonchev–Trinajstić information content (AvgIpc) is 3.22. The highest BCUT2D eigenvalue weighted by atomic mass is 16.5. The first kappa shape index (κ1) is 11.7. The molecule has 1 saturated carbocycles. The van der Waals surface area contributed by atoms with Crippen LogP contribution in [-0.2, 0) is 14.3 Å². The molecule has 2 unspecified atom stereocenters. The topological polar surface area (TPSA) is 43.4 Å². The molecule has 0 aliphatic heterocycles. The largest absolute Gasteiger partial charge is 0.460 e. The summed E-state index contributed by atoms with van der Waals surface area (Å²) >= 11 is 0. The monoisotopic (exact) mass is 246 g/mol. The van der Waals surface area contributed by atoms with Crippen LogP contribution in [0.3, 0.4) is 0 Å². The van der Waals surface area contributed by atoms with Crippen LogP contribution in [0.1, 0.15) is 32.6 Å². The Morgan fingerprint density at radius 1 is 1.17 bits per heavy atom. The molecule has 4 aliphatic carbocycles. The van der Waals surface area contributed by atoms with Crippen molar-refractivity contribution in [2.75, 3.05) is 6.61 Å². The molecule has 3 nitrogen and oxygen atoms in total. The first-order valence-electron chi connectivity index (χ1n) is 6.86. The van der Waals surface area contributed by atoms with E-state index in [0.717, 1.165) is 18.4 Å². The molecule has 2 bridgehead atoms. The zero-order chi connectivity index (χ0) is 12.7. The number of rotatable bonds is 4. The van der Waals surface area contributed by atoms with E-state index in [-0.39, 0.29) is 12.5 Å². The van der Waals surface area contributed by atoms with E-state index < -0.39 is 11.8 Å². The minimum atomic E-state index is -0.674. The standard InChI is InChI=1S/C15H18O3/c1-2-18-15(17)14(16)13-11-7-5-10(6-8-11)12(13)9-3-4-9/h5,7,9-11H,2-4,6,8H2,1H3. The van der Waals surface area contributed by atoms with Gasteiger partial charge in [0.15, 0.2) is 0 Å². The van der Waals surface area contributed by atoms with Crippen molar-refractivity contribution in [1.82, 2.24) is 0 Å². The van der Waals surface area contributed by atoms with E-state index in [1.54, 1.807) is 6.92 Å². The maximum Gasteiger partial charge on any atom is 0.379 e. The second kappa shape index (κ2) is 4.38. The molecule has 2 atom stereocenters. The van der Waals surface area contributed by atoms with E-state index in [1.807, 2.05) is 0 Å². The summed E-state index contributed by atoms with van der Waals surface area (Å²) in [5.74, 6) is 0.0407. The molecule has 0 aromatic heterocycles. The number of ketones is 1. The summed E-state index contributed by atoms with van der Waals surface area (Å²) in [5.41, 5.74) is 2.03. The van der Waals surface area contributed by atoms with Crippen LogP contribution in [0, 0.1) is 17.8 Å². The zero-order valence-electron chi connectivity index (χ0n) is 10.6. The van der Waals surface area contributed by atoms with E-state index in [0.29, 0.717) is 11.8 Å². The molecular formula is C15H18O3. The fourth-order valence-corrected chi connectivity index (χ4v) is 3.26. The van der Waals surface area contributed by atoms with E-state index >= 15 is 0 Å². The van der Waals surface area contributed by atoms with E-state index in [4.69, 9.17) is 4.74 Å². The van der Waals surface area contributed by atoms with E-state index in [2.05, 4.69) is 12.2 Å². The lowest BCUT2D eigenvalue weighted by molar-refractivity contribution is -0.152. The number of ether oxygens (including phenoxy) is 1. The highest BCUT2D eigenvalue weighted by Gasteiger charge is 2.42. The molecule has 0 heterocycles. The van der Waals surface area contributed by atoms with Gasteiger partial charge in [-0.25, -0.2) is 4.79 Å². The maximum absolute atomic E-state index is 12.3. The minimum Gasteiger partial charge on any atom is -0.460 e. The van der Waals surface area contributed by atoms with Crippen molar-refractivity contribution >= 4 is 11.8 Å². The molecule has 0 aromatic rings. The van der Waals surface area contributed by atoms with E-state index in [1.165, 1.54) is 18.4 Å². The number of carbonyl (C=O) groups is 2. The van der Waals surface area contributed by atoms with Crippen molar-refractivity contribution in [2.45, 2.75) is 32.6 Å². The second-order valence-corrected chi connectivity index (χ2v) is 5.37. The third-order valence-corrected chi connectivity index (χ3v) is 4.17. The van der Waals surface area contributed by atoms with Gasteiger partial charge in [-0.15, -0.1) is 0 Å². The summed E-state index contributed by atoms with van der Waals surface area (Å²) in [6.07, 6.45) is 8.80. The summed E-state index contributed by atoms with van der Waals surface area (Å²) in [6.45, 7) is 1.99. The zero-order valence-corrected chi connectivity index (χ0v) is 10.6. The number of esters is 1. The summed E-state index contributed by atoms with van der Waals surface area (Å²) in [7, 11) is 0. The Morgan fingerprint density at radius 3 is 2.39 bits per heavy atom. The quantitative estimate of drug-likeness (QED) is 0.434. The van der Waals surface area contributed by atoms with Crippen molar-refractivity contribution in [3.05, 3.63) is 23.3 Å². The van der Waals surface area contributed by atoms with Crippen molar-refractivity contribution in [3.63, 3.8) is 0 Å². The van der Waals surface area contributed by atoms with Crippen molar-refractivity contribution in [3.8, 4) is 0 Å². The third kappa shape index (κ3) is 1.82. The molecule has 1 fully saturated rings.